The van der Waals surface area contributed by atoms with E-state index in [2.05, 4.69) is 0 Å². The van der Waals surface area contributed by atoms with Crippen LogP contribution < -0.4 is 0 Å². The predicted octanol–water partition coefficient (Wildman–Crippen LogP) is 2.52. The first-order valence-electron chi connectivity index (χ1n) is 6.32. The molecule has 8 heteroatoms. The van der Waals surface area contributed by atoms with Crippen molar-refractivity contribution >= 4 is 10.0 Å². The number of rotatable bonds is 2. The Labute approximate surface area is 120 Å². The summed E-state index contributed by atoms with van der Waals surface area (Å²) in [7, 11) is -3.96. The predicted molar refractivity (Wildman–Crippen MR) is 68.7 cm³/mol. The van der Waals surface area contributed by atoms with E-state index in [0.29, 0.717) is 5.56 Å². The highest BCUT2D eigenvalue weighted by atomic mass is 32.2. The highest BCUT2D eigenvalue weighted by molar-refractivity contribution is 7.89. The van der Waals surface area contributed by atoms with Crippen LogP contribution in [0.3, 0.4) is 0 Å². The molecule has 0 N–H and O–H groups in total. The Morgan fingerprint density at radius 2 is 1.86 bits per heavy atom. The molecule has 2 rings (SSSR count). The number of nitriles is 1. The Hall–Kier alpha value is -1.59. The summed E-state index contributed by atoms with van der Waals surface area (Å²) in [4.78, 5) is -0.0932. The van der Waals surface area contributed by atoms with Gasteiger partial charge in [-0.15, -0.1) is 0 Å². The van der Waals surface area contributed by atoms with E-state index in [-0.39, 0.29) is 24.3 Å². The number of halogens is 3. The van der Waals surface area contributed by atoms with Gasteiger partial charge in [0.1, 0.15) is 0 Å². The lowest BCUT2D eigenvalue weighted by Crippen LogP contribution is -2.44. The Balaban J connectivity index is 2.24. The van der Waals surface area contributed by atoms with E-state index in [1.807, 2.05) is 6.07 Å². The summed E-state index contributed by atoms with van der Waals surface area (Å²) in [6.45, 7) is -0.471. The average Bonchev–Trinajstić information content (AvgIpc) is 2.46. The van der Waals surface area contributed by atoms with Crippen LogP contribution in [0.25, 0.3) is 0 Å². The van der Waals surface area contributed by atoms with Gasteiger partial charge in [0.2, 0.25) is 10.0 Å². The normalized spacial score (nSPS) is 21.0. The summed E-state index contributed by atoms with van der Waals surface area (Å²) in [5.41, 5.74) is 0.292. The molecule has 1 aliphatic rings. The van der Waals surface area contributed by atoms with E-state index >= 15 is 0 Å². The first-order chi connectivity index (χ1) is 9.75. The van der Waals surface area contributed by atoms with E-state index in [1.165, 1.54) is 24.3 Å². The first kappa shape index (κ1) is 15.8. The second-order valence-electron chi connectivity index (χ2n) is 4.88. The van der Waals surface area contributed by atoms with Crippen LogP contribution in [0.2, 0.25) is 0 Å². The fraction of sp³-hybridized carbons (Fsp3) is 0.462. The molecule has 0 spiro atoms. The lowest BCUT2D eigenvalue weighted by Gasteiger charge is -2.32. The number of sulfonamides is 1. The molecule has 0 amide bonds. The molecule has 21 heavy (non-hydrogen) atoms. The zero-order valence-electron chi connectivity index (χ0n) is 11.0. The fourth-order valence-electron chi connectivity index (χ4n) is 2.28. The first-order valence-corrected chi connectivity index (χ1v) is 7.76. The number of hydrogen-bond donors (Lipinski definition) is 0. The third kappa shape index (κ3) is 3.36. The van der Waals surface area contributed by atoms with Crippen LogP contribution in [0.15, 0.2) is 29.2 Å². The van der Waals surface area contributed by atoms with Gasteiger partial charge in [0.25, 0.3) is 0 Å². The topological polar surface area (TPSA) is 61.2 Å². The van der Waals surface area contributed by atoms with Gasteiger partial charge in [0, 0.05) is 13.1 Å². The Kier molecular flexibility index (Phi) is 4.25. The summed E-state index contributed by atoms with van der Waals surface area (Å²) < 4.78 is 63.8. The van der Waals surface area contributed by atoms with Gasteiger partial charge in [-0.2, -0.15) is 22.7 Å². The van der Waals surface area contributed by atoms with Crippen LogP contribution in [-0.2, 0) is 10.0 Å². The molecule has 114 valence electrons. The maximum absolute atomic E-state index is 12.7. The summed E-state index contributed by atoms with van der Waals surface area (Å²) in [5, 5.41) is 8.67. The van der Waals surface area contributed by atoms with Crippen LogP contribution in [0.1, 0.15) is 18.4 Å². The molecule has 1 heterocycles. The smallest absolute Gasteiger partial charge is 0.207 e. The van der Waals surface area contributed by atoms with Crippen molar-refractivity contribution in [2.75, 3.05) is 13.1 Å². The highest BCUT2D eigenvalue weighted by Gasteiger charge is 2.44. The largest absolute Gasteiger partial charge is 0.393 e. The molecule has 1 saturated heterocycles. The van der Waals surface area contributed by atoms with Crippen molar-refractivity contribution in [1.29, 1.82) is 5.26 Å². The Morgan fingerprint density at radius 3 is 2.38 bits per heavy atom. The van der Waals surface area contributed by atoms with Crippen molar-refractivity contribution in [1.82, 2.24) is 4.31 Å². The Bertz CT molecular complexity index is 647. The van der Waals surface area contributed by atoms with Crippen LogP contribution in [0.5, 0.6) is 0 Å². The number of hydrogen-bond acceptors (Lipinski definition) is 3. The summed E-state index contributed by atoms with van der Waals surface area (Å²) in [6.07, 6.45) is -4.26. The summed E-state index contributed by atoms with van der Waals surface area (Å²) in [5.74, 6) is -1.63. The van der Waals surface area contributed by atoms with E-state index in [4.69, 9.17) is 5.26 Å². The van der Waals surface area contributed by atoms with Gasteiger partial charge in [-0.25, -0.2) is 8.42 Å². The molecule has 0 bridgehead atoms. The maximum Gasteiger partial charge on any atom is 0.393 e. The van der Waals surface area contributed by atoms with Gasteiger partial charge in [0.05, 0.1) is 22.4 Å². The molecular formula is C13H13F3N2O2S. The molecule has 4 nitrogen and oxygen atoms in total. The molecule has 1 atom stereocenters. The van der Waals surface area contributed by atoms with E-state index in [0.717, 1.165) is 4.31 Å². The minimum Gasteiger partial charge on any atom is -0.207 e. The SMILES string of the molecule is N#Cc1ccc(S(=O)(=O)N2CCCC(C(F)(F)F)C2)cc1. The zero-order valence-corrected chi connectivity index (χ0v) is 11.8. The summed E-state index contributed by atoms with van der Waals surface area (Å²) in [6, 6.07) is 7.00. The molecule has 1 aromatic carbocycles. The molecule has 0 aliphatic carbocycles. The minimum atomic E-state index is -4.39. The molecule has 1 aromatic rings. The monoisotopic (exact) mass is 318 g/mol. The van der Waals surface area contributed by atoms with Crippen molar-refractivity contribution in [3.05, 3.63) is 29.8 Å². The van der Waals surface area contributed by atoms with Gasteiger partial charge < -0.3 is 0 Å². The van der Waals surface area contributed by atoms with Crippen molar-refractivity contribution in [2.45, 2.75) is 23.9 Å². The fourth-order valence-corrected chi connectivity index (χ4v) is 3.80. The van der Waals surface area contributed by atoms with Crippen molar-refractivity contribution < 1.29 is 21.6 Å². The van der Waals surface area contributed by atoms with E-state index < -0.39 is 28.7 Å². The van der Waals surface area contributed by atoms with Gasteiger partial charge in [-0.1, -0.05) is 0 Å². The van der Waals surface area contributed by atoms with E-state index in [1.54, 1.807) is 0 Å². The van der Waals surface area contributed by atoms with Crippen LogP contribution >= 0.6 is 0 Å². The Morgan fingerprint density at radius 1 is 1.24 bits per heavy atom. The van der Waals surface area contributed by atoms with Crippen LogP contribution in [0, 0.1) is 17.2 Å². The standard InChI is InChI=1S/C13H13F3N2O2S/c14-13(15,16)11-2-1-7-18(9-11)21(19,20)12-5-3-10(8-17)4-6-12/h3-6,11H,1-2,7,9H2. The van der Waals surface area contributed by atoms with Gasteiger partial charge >= 0.3 is 6.18 Å². The number of nitrogens with zero attached hydrogens (tertiary/aromatic N) is 2. The van der Waals surface area contributed by atoms with Crippen LogP contribution in [-0.4, -0.2) is 32.0 Å². The number of benzene rings is 1. The molecule has 0 radical (unpaired) electrons. The van der Waals surface area contributed by atoms with Gasteiger partial charge in [0.15, 0.2) is 0 Å². The quantitative estimate of drug-likeness (QED) is 0.842. The molecule has 0 aromatic heterocycles. The average molecular weight is 318 g/mol. The van der Waals surface area contributed by atoms with Crippen molar-refractivity contribution in [2.24, 2.45) is 5.92 Å². The minimum absolute atomic E-state index is 0.0527. The van der Waals surface area contributed by atoms with E-state index in [9.17, 15) is 21.6 Å². The highest BCUT2D eigenvalue weighted by Crippen LogP contribution is 2.34. The lowest BCUT2D eigenvalue weighted by atomic mass is 9.99. The lowest BCUT2D eigenvalue weighted by molar-refractivity contribution is -0.182. The second kappa shape index (κ2) is 5.66. The molecular weight excluding hydrogens is 305 g/mol. The van der Waals surface area contributed by atoms with Gasteiger partial charge in [-0.05, 0) is 37.1 Å². The third-order valence-electron chi connectivity index (χ3n) is 3.47. The molecule has 1 aliphatic heterocycles. The summed E-state index contributed by atoms with van der Waals surface area (Å²) >= 11 is 0. The molecule has 1 unspecified atom stereocenters. The molecule has 1 fully saturated rings. The third-order valence-corrected chi connectivity index (χ3v) is 5.35. The van der Waals surface area contributed by atoms with Crippen LogP contribution in [0.4, 0.5) is 13.2 Å². The molecule has 0 saturated carbocycles. The number of alkyl halides is 3. The van der Waals surface area contributed by atoms with Crippen molar-refractivity contribution in [3.8, 4) is 6.07 Å². The second-order valence-corrected chi connectivity index (χ2v) is 6.82. The number of piperidine rings is 1. The maximum atomic E-state index is 12.7. The van der Waals surface area contributed by atoms with Gasteiger partial charge in [-0.3, -0.25) is 0 Å². The zero-order chi connectivity index (χ0) is 15.7. The van der Waals surface area contributed by atoms with Crippen molar-refractivity contribution in [3.63, 3.8) is 0 Å².